The van der Waals surface area contributed by atoms with Gasteiger partial charge in [-0.2, -0.15) is 0 Å². The monoisotopic (exact) mass is 226 g/mol. The number of hydrogen-bond acceptors (Lipinski definition) is 2. The van der Waals surface area contributed by atoms with Crippen LogP contribution in [0, 0.1) is 11.7 Å². The maximum absolute atomic E-state index is 13.4. The molecule has 0 heterocycles. The Bertz CT molecular complexity index is 390. The van der Waals surface area contributed by atoms with Crippen LogP contribution in [0.25, 0.3) is 0 Å². The van der Waals surface area contributed by atoms with E-state index in [2.05, 4.69) is 0 Å². The van der Waals surface area contributed by atoms with Gasteiger partial charge in [-0.15, -0.1) is 0 Å². The summed E-state index contributed by atoms with van der Waals surface area (Å²) in [5.41, 5.74) is 0.660. The third-order valence-electron chi connectivity index (χ3n) is 2.84. The van der Waals surface area contributed by atoms with Crippen molar-refractivity contribution in [3.8, 4) is 5.75 Å². The van der Waals surface area contributed by atoms with Crippen LogP contribution in [0.4, 0.5) is 4.39 Å². The van der Waals surface area contributed by atoms with Crippen molar-refractivity contribution in [2.24, 2.45) is 5.92 Å². The highest BCUT2D eigenvalue weighted by molar-refractivity contribution is 5.70. The summed E-state index contributed by atoms with van der Waals surface area (Å²) in [4.78, 5) is 10.8. The molecule has 1 aromatic carbocycles. The molecule has 2 unspecified atom stereocenters. The van der Waals surface area contributed by atoms with Gasteiger partial charge in [0.05, 0.1) is 13.0 Å². The zero-order chi connectivity index (χ0) is 12.3. The fourth-order valence-corrected chi connectivity index (χ4v) is 1.47. The maximum Gasteiger partial charge on any atom is 0.306 e. The fraction of sp³-hybridized carbons (Fsp3) is 0.417. The first kappa shape index (κ1) is 12.5. The molecule has 1 aromatic rings. The van der Waals surface area contributed by atoms with Crippen molar-refractivity contribution >= 4 is 5.97 Å². The molecule has 0 saturated carbocycles. The molecule has 1 rings (SSSR count). The van der Waals surface area contributed by atoms with Gasteiger partial charge in [0.1, 0.15) is 0 Å². The minimum atomic E-state index is -0.885. The van der Waals surface area contributed by atoms with E-state index in [4.69, 9.17) is 9.84 Å². The minimum Gasteiger partial charge on any atom is -0.494 e. The molecule has 0 fully saturated rings. The molecule has 0 aromatic heterocycles. The van der Waals surface area contributed by atoms with Crippen LogP contribution in [0.5, 0.6) is 5.75 Å². The maximum atomic E-state index is 13.4. The van der Waals surface area contributed by atoms with Crippen molar-refractivity contribution in [2.75, 3.05) is 7.11 Å². The molecular weight excluding hydrogens is 211 g/mol. The second-order valence-electron chi connectivity index (χ2n) is 3.81. The van der Waals surface area contributed by atoms with Crippen LogP contribution < -0.4 is 4.74 Å². The lowest BCUT2D eigenvalue weighted by atomic mass is 9.89. The summed E-state index contributed by atoms with van der Waals surface area (Å²) >= 11 is 0. The molecule has 0 bridgehead atoms. The van der Waals surface area contributed by atoms with Gasteiger partial charge in [-0.3, -0.25) is 4.79 Å². The Morgan fingerprint density at radius 3 is 2.50 bits per heavy atom. The Balaban J connectivity index is 2.97. The van der Waals surface area contributed by atoms with Crippen molar-refractivity contribution in [2.45, 2.75) is 19.8 Å². The number of rotatable bonds is 4. The molecule has 3 nitrogen and oxygen atoms in total. The number of methoxy groups -OCH3 is 1. The third-order valence-corrected chi connectivity index (χ3v) is 2.84. The van der Waals surface area contributed by atoms with Crippen LogP contribution in [0.15, 0.2) is 18.2 Å². The SMILES string of the molecule is COc1ccc(C(C)C(C)C(=O)O)cc1F. The van der Waals surface area contributed by atoms with E-state index in [-0.39, 0.29) is 11.7 Å². The number of ether oxygens (including phenoxy) is 1. The van der Waals surface area contributed by atoms with Gasteiger partial charge in [0.25, 0.3) is 0 Å². The predicted octanol–water partition coefficient (Wildman–Crippen LogP) is 2.66. The van der Waals surface area contributed by atoms with Crippen LogP contribution in [-0.4, -0.2) is 18.2 Å². The van der Waals surface area contributed by atoms with Crippen molar-refractivity contribution in [1.82, 2.24) is 0 Å². The first-order valence-corrected chi connectivity index (χ1v) is 5.03. The van der Waals surface area contributed by atoms with Crippen molar-refractivity contribution in [3.05, 3.63) is 29.6 Å². The predicted molar refractivity (Wildman–Crippen MR) is 58.2 cm³/mol. The summed E-state index contributed by atoms with van der Waals surface area (Å²) in [6.07, 6.45) is 0. The van der Waals surface area contributed by atoms with Crippen molar-refractivity contribution < 1.29 is 19.0 Å². The summed E-state index contributed by atoms with van der Waals surface area (Å²) in [5.74, 6) is -1.97. The highest BCUT2D eigenvalue weighted by Gasteiger charge is 2.21. The molecule has 0 aliphatic carbocycles. The number of aliphatic carboxylic acids is 1. The van der Waals surface area contributed by atoms with Gasteiger partial charge in [-0.1, -0.05) is 19.9 Å². The molecule has 0 aliphatic rings. The summed E-state index contributed by atoms with van der Waals surface area (Å²) in [6.45, 7) is 3.37. The number of benzene rings is 1. The van der Waals surface area contributed by atoms with Crippen LogP contribution >= 0.6 is 0 Å². The van der Waals surface area contributed by atoms with Gasteiger partial charge in [0.2, 0.25) is 0 Å². The van der Waals surface area contributed by atoms with E-state index < -0.39 is 17.7 Å². The Hall–Kier alpha value is -1.58. The molecule has 1 N–H and O–H groups in total. The van der Waals surface area contributed by atoms with Crippen LogP contribution in [0.2, 0.25) is 0 Å². The van der Waals surface area contributed by atoms with Crippen molar-refractivity contribution in [3.63, 3.8) is 0 Å². The van der Waals surface area contributed by atoms with E-state index in [1.807, 2.05) is 0 Å². The molecule has 0 saturated heterocycles. The average Bonchev–Trinajstić information content (AvgIpc) is 2.26. The number of carboxylic acid groups (broad SMARTS) is 1. The quantitative estimate of drug-likeness (QED) is 0.858. The first-order valence-electron chi connectivity index (χ1n) is 5.03. The van der Waals surface area contributed by atoms with Gasteiger partial charge in [-0.25, -0.2) is 4.39 Å². The number of carboxylic acids is 1. The standard InChI is InChI=1S/C12H15FO3/c1-7(8(2)12(14)15)9-4-5-11(16-3)10(13)6-9/h4-8H,1-3H3,(H,14,15). The Kier molecular flexibility index (Phi) is 3.88. The lowest BCUT2D eigenvalue weighted by molar-refractivity contribution is -0.141. The second-order valence-corrected chi connectivity index (χ2v) is 3.81. The van der Waals surface area contributed by atoms with Gasteiger partial charge in [0.15, 0.2) is 11.6 Å². The Morgan fingerprint density at radius 1 is 1.44 bits per heavy atom. The summed E-state index contributed by atoms with van der Waals surface area (Å²) in [7, 11) is 1.39. The van der Waals surface area contributed by atoms with E-state index in [0.29, 0.717) is 5.56 Å². The number of carbonyl (C=O) groups is 1. The van der Waals surface area contributed by atoms with E-state index >= 15 is 0 Å². The zero-order valence-corrected chi connectivity index (χ0v) is 9.53. The van der Waals surface area contributed by atoms with Gasteiger partial charge >= 0.3 is 5.97 Å². The van der Waals surface area contributed by atoms with E-state index in [1.54, 1.807) is 19.9 Å². The van der Waals surface area contributed by atoms with Crippen LogP contribution in [-0.2, 0) is 4.79 Å². The Labute approximate surface area is 93.9 Å². The summed E-state index contributed by atoms with van der Waals surface area (Å²) in [5, 5.41) is 8.87. The van der Waals surface area contributed by atoms with E-state index in [1.165, 1.54) is 19.2 Å². The smallest absolute Gasteiger partial charge is 0.306 e. The molecule has 0 amide bonds. The van der Waals surface area contributed by atoms with E-state index in [0.717, 1.165) is 0 Å². The van der Waals surface area contributed by atoms with Gasteiger partial charge in [-0.05, 0) is 23.6 Å². The molecule has 4 heteroatoms. The molecule has 2 atom stereocenters. The average molecular weight is 226 g/mol. The Morgan fingerprint density at radius 2 is 2.06 bits per heavy atom. The number of hydrogen-bond donors (Lipinski definition) is 1. The molecule has 0 spiro atoms. The molecule has 0 radical (unpaired) electrons. The largest absolute Gasteiger partial charge is 0.494 e. The highest BCUT2D eigenvalue weighted by atomic mass is 19.1. The lowest BCUT2D eigenvalue weighted by Gasteiger charge is -2.16. The fourth-order valence-electron chi connectivity index (χ4n) is 1.47. The minimum absolute atomic E-state index is 0.166. The van der Waals surface area contributed by atoms with Crippen LogP contribution in [0.3, 0.4) is 0 Å². The van der Waals surface area contributed by atoms with Gasteiger partial charge < -0.3 is 9.84 Å². The molecule has 88 valence electrons. The molecule has 0 aliphatic heterocycles. The van der Waals surface area contributed by atoms with Crippen molar-refractivity contribution in [1.29, 1.82) is 0 Å². The third kappa shape index (κ3) is 2.51. The first-order chi connectivity index (χ1) is 7.47. The normalized spacial score (nSPS) is 14.2. The zero-order valence-electron chi connectivity index (χ0n) is 9.53. The summed E-state index contributed by atoms with van der Waals surface area (Å²) < 4.78 is 18.2. The second kappa shape index (κ2) is 4.96. The highest BCUT2D eigenvalue weighted by Crippen LogP contribution is 2.27. The number of halogens is 1. The molecule has 16 heavy (non-hydrogen) atoms. The van der Waals surface area contributed by atoms with Gasteiger partial charge in [0, 0.05) is 0 Å². The van der Waals surface area contributed by atoms with E-state index in [9.17, 15) is 9.18 Å². The molecular formula is C12H15FO3. The topological polar surface area (TPSA) is 46.5 Å². The lowest BCUT2D eigenvalue weighted by Crippen LogP contribution is -2.16. The van der Waals surface area contributed by atoms with Crippen LogP contribution in [0.1, 0.15) is 25.3 Å². The summed E-state index contributed by atoms with van der Waals surface area (Å²) in [6, 6.07) is 4.52.